The molecule has 3 nitrogen and oxygen atoms in total. The van der Waals surface area contributed by atoms with E-state index in [9.17, 15) is 0 Å². The third kappa shape index (κ3) is 0.675. The molecule has 0 aliphatic heterocycles. The molecule has 0 amide bonds. The van der Waals surface area contributed by atoms with Crippen LogP contribution in [0.3, 0.4) is 0 Å². The lowest BCUT2D eigenvalue weighted by Crippen LogP contribution is -1.69. The van der Waals surface area contributed by atoms with Crippen LogP contribution in [0.2, 0.25) is 0 Å². The Morgan fingerprint density at radius 3 is 3.44 bits per heavy atom. The van der Waals surface area contributed by atoms with Crippen LogP contribution in [0.15, 0.2) is 12.3 Å². The summed E-state index contributed by atoms with van der Waals surface area (Å²) in [7, 11) is 0. The third-order valence-electron chi connectivity index (χ3n) is 0.971. The van der Waals surface area contributed by atoms with Crippen molar-refractivity contribution in [2.45, 2.75) is 0 Å². The normalized spacial score (nSPS) is 10.2. The molecular weight excluding hydrogens is 134 g/mol. The fourth-order valence-electron chi connectivity index (χ4n) is 0.585. The van der Waals surface area contributed by atoms with Gasteiger partial charge in [0.1, 0.15) is 5.52 Å². The van der Waals surface area contributed by atoms with E-state index in [1.165, 1.54) is 11.5 Å². The number of hydrogen-bond donors (Lipinski definition) is 0. The first-order chi connectivity index (χ1) is 4.47. The second-order valence-corrected chi connectivity index (χ2v) is 2.27. The lowest BCUT2D eigenvalue weighted by Gasteiger charge is -1.77. The topological polar surface area (TPSA) is 38.7 Å². The molecule has 0 aliphatic rings. The second kappa shape index (κ2) is 1.73. The van der Waals surface area contributed by atoms with E-state index < -0.39 is 0 Å². The van der Waals surface area contributed by atoms with E-state index in [1.54, 1.807) is 12.3 Å². The van der Waals surface area contributed by atoms with Gasteiger partial charge < -0.3 is 0 Å². The van der Waals surface area contributed by atoms with Gasteiger partial charge in [-0.1, -0.05) is 4.49 Å². The maximum absolute atomic E-state index is 3.98. The minimum Gasteiger partial charge on any atom is -0.241 e. The Balaban J connectivity index is 2.95. The largest absolute Gasteiger partial charge is 0.241 e. The maximum Gasteiger partial charge on any atom is 0.163 e. The van der Waals surface area contributed by atoms with Gasteiger partial charge in [-0.2, -0.15) is 0 Å². The highest BCUT2D eigenvalue weighted by atomic mass is 32.1. The fourth-order valence-corrected chi connectivity index (χ4v) is 1.08. The van der Waals surface area contributed by atoms with Crippen LogP contribution in [0.5, 0.6) is 0 Å². The van der Waals surface area contributed by atoms with Crippen molar-refractivity contribution in [3.8, 4) is 0 Å². The summed E-state index contributed by atoms with van der Waals surface area (Å²) < 4.78 is 3.71. The quantitative estimate of drug-likeness (QED) is 0.539. The molecule has 0 spiro atoms. The van der Waals surface area contributed by atoms with Crippen molar-refractivity contribution in [2.24, 2.45) is 0 Å². The van der Waals surface area contributed by atoms with E-state index in [0.29, 0.717) is 0 Å². The lowest BCUT2D eigenvalue weighted by atomic mass is 10.5. The highest BCUT2D eigenvalue weighted by Gasteiger charge is 1.93. The van der Waals surface area contributed by atoms with Gasteiger partial charge in [0.15, 0.2) is 4.83 Å². The molecule has 0 bridgehead atoms. The summed E-state index contributed by atoms with van der Waals surface area (Å²) >= 11 is 1.30. The first-order valence-electron chi connectivity index (χ1n) is 2.41. The average Bonchev–Trinajstić information content (AvgIpc) is 2.33. The van der Waals surface area contributed by atoms with Crippen LogP contribution >= 0.6 is 11.5 Å². The van der Waals surface area contributed by atoms with Crippen molar-refractivity contribution in [2.75, 3.05) is 0 Å². The molecule has 2 rings (SSSR count). The summed E-state index contributed by atoms with van der Waals surface area (Å²) in [5.74, 6) is 0. The zero-order chi connectivity index (χ0) is 6.10. The molecular formula is C5H2N3S. The predicted octanol–water partition coefficient (Wildman–Crippen LogP) is 0.886. The van der Waals surface area contributed by atoms with Gasteiger partial charge in [0.05, 0.1) is 0 Å². The average molecular weight is 136 g/mol. The van der Waals surface area contributed by atoms with Gasteiger partial charge >= 0.3 is 0 Å². The molecule has 0 atom stereocenters. The van der Waals surface area contributed by atoms with Crippen molar-refractivity contribution in [1.82, 2.24) is 14.6 Å². The standard InChI is InChI=1S/C5H2N3S/c1-2-4-5(6-3-1)9-8-7-4/h2-3H. The summed E-state index contributed by atoms with van der Waals surface area (Å²) in [4.78, 5) is 4.85. The van der Waals surface area contributed by atoms with Crippen LogP contribution in [0.4, 0.5) is 0 Å². The van der Waals surface area contributed by atoms with Crippen LogP contribution in [0.25, 0.3) is 10.3 Å². The number of fused-ring (bicyclic) bond motifs is 1. The Morgan fingerprint density at radius 1 is 1.56 bits per heavy atom. The first-order valence-corrected chi connectivity index (χ1v) is 3.18. The molecule has 2 aromatic rings. The van der Waals surface area contributed by atoms with Gasteiger partial charge in [0.25, 0.3) is 0 Å². The number of aromatic nitrogens is 3. The van der Waals surface area contributed by atoms with E-state index in [4.69, 9.17) is 0 Å². The monoisotopic (exact) mass is 136 g/mol. The Bertz CT molecular complexity index is 286. The molecule has 0 N–H and O–H groups in total. The Labute approximate surface area is 55.5 Å². The molecule has 9 heavy (non-hydrogen) atoms. The third-order valence-corrected chi connectivity index (χ3v) is 1.62. The number of rotatable bonds is 0. The number of pyridine rings is 1. The van der Waals surface area contributed by atoms with Gasteiger partial charge in [-0.15, -0.1) is 5.10 Å². The van der Waals surface area contributed by atoms with Gasteiger partial charge in [-0.25, -0.2) is 4.98 Å². The zero-order valence-corrected chi connectivity index (χ0v) is 5.22. The highest BCUT2D eigenvalue weighted by Crippen LogP contribution is 2.08. The molecule has 0 unspecified atom stereocenters. The molecule has 2 aromatic heterocycles. The number of nitrogens with zero attached hydrogens (tertiary/aromatic N) is 3. The van der Waals surface area contributed by atoms with Crippen LogP contribution in [0.1, 0.15) is 0 Å². The highest BCUT2D eigenvalue weighted by molar-refractivity contribution is 7.12. The second-order valence-electron chi connectivity index (χ2n) is 1.53. The van der Waals surface area contributed by atoms with Crippen LogP contribution in [-0.2, 0) is 0 Å². The molecule has 2 heterocycles. The minimum atomic E-state index is 0.822. The van der Waals surface area contributed by atoms with Gasteiger partial charge in [-0.05, 0) is 6.07 Å². The Morgan fingerprint density at radius 2 is 2.56 bits per heavy atom. The molecule has 43 valence electrons. The zero-order valence-electron chi connectivity index (χ0n) is 4.40. The van der Waals surface area contributed by atoms with E-state index >= 15 is 0 Å². The van der Waals surface area contributed by atoms with Gasteiger partial charge in [0, 0.05) is 23.8 Å². The van der Waals surface area contributed by atoms with E-state index in [-0.39, 0.29) is 0 Å². The summed E-state index contributed by atoms with van der Waals surface area (Å²) in [5.41, 5.74) is 0.822. The summed E-state index contributed by atoms with van der Waals surface area (Å²) in [6, 6.07) is 4.58. The molecule has 0 fully saturated rings. The molecule has 0 saturated heterocycles. The van der Waals surface area contributed by atoms with Crippen molar-refractivity contribution in [3.63, 3.8) is 0 Å². The van der Waals surface area contributed by atoms with Crippen molar-refractivity contribution >= 4 is 21.9 Å². The fraction of sp³-hybridized carbons (Fsp3) is 0. The summed E-state index contributed by atoms with van der Waals surface area (Å²) in [6.07, 6.45) is 1.61. The molecule has 0 aromatic carbocycles. The molecule has 0 saturated carbocycles. The maximum atomic E-state index is 3.98. The van der Waals surface area contributed by atoms with Crippen molar-refractivity contribution in [3.05, 3.63) is 18.3 Å². The van der Waals surface area contributed by atoms with Crippen molar-refractivity contribution < 1.29 is 0 Å². The SMILES string of the molecule is [c]1cnc2snnc2c1. The van der Waals surface area contributed by atoms with E-state index in [2.05, 4.69) is 20.6 Å². The van der Waals surface area contributed by atoms with Crippen LogP contribution < -0.4 is 0 Å². The van der Waals surface area contributed by atoms with E-state index in [0.717, 1.165) is 10.3 Å². The molecule has 1 radical (unpaired) electrons. The first kappa shape index (κ1) is 4.81. The smallest absolute Gasteiger partial charge is 0.163 e. The predicted molar refractivity (Wildman–Crippen MR) is 34.0 cm³/mol. The van der Waals surface area contributed by atoms with Crippen LogP contribution in [0, 0.1) is 6.07 Å². The van der Waals surface area contributed by atoms with Crippen LogP contribution in [-0.4, -0.2) is 14.6 Å². The van der Waals surface area contributed by atoms with E-state index in [1.807, 2.05) is 0 Å². The number of hydrogen-bond acceptors (Lipinski definition) is 4. The van der Waals surface area contributed by atoms with Crippen molar-refractivity contribution in [1.29, 1.82) is 0 Å². The minimum absolute atomic E-state index is 0.822. The Kier molecular flexibility index (Phi) is 0.927. The van der Waals surface area contributed by atoms with Gasteiger partial charge in [-0.3, -0.25) is 0 Å². The summed E-state index contributed by atoms with van der Waals surface area (Å²) in [5, 5.41) is 3.79. The van der Waals surface area contributed by atoms with Gasteiger partial charge in [0.2, 0.25) is 0 Å². The summed E-state index contributed by atoms with van der Waals surface area (Å²) in [6.45, 7) is 0. The lowest BCUT2D eigenvalue weighted by molar-refractivity contribution is 1.19. The molecule has 0 aliphatic carbocycles. The Hall–Kier alpha value is -1.03. The molecule has 4 heteroatoms.